The maximum atomic E-state index is 13.7. The summed E-state index contributed by atoms with van der Waals surface area (Å²) >= 11 is 1.19. The van der Waals surface area contributed by atoms with Gasteiger partial charge in [-0.1, -0.05) is 25.6 Å². The van der Waals surface area contributed by atoms with Gasteiger partial charge >= 0.3 is 0 Å². The van der Waals surface area contributed by atoms with Crippen LogP contribution in [0.15, 0.2) is 47.6 Å². The molecule has 0 atom stereocenters. The van der Waals surface area contributed by atoms with E-state index in [0.717, 1.165) is 23.4 Å². The second-order valence-electron chi connectivity index (χ2n) is 7.24. The van der Waals surface area contributed by atoms with E-state index < -0.39 is 17.5 Å². The number of carbonyl (C=O) groups is 1. The van der Waals surface area contributed by atoms with E-state index in [4.69, 9.17) is 4.74 Å². The number of nitrogens with zero attached hydrogens (tertiary/aromatic N) is 3. The van der Waals surface area contributed by atoms with E-state index in [-0.39, 0.29) is 11.4 Å². The van der Waals surface area contributed by atoms with Gasteiger partial charge in [-0.15, -0.1) is 10.2 Å². The quantitative estimate of drug-likeness (QED) is 0.468. The molecule has 0 aliphatic heterocycles. The molecule has 0 saturated carbocycles. The largest absolute Gasteiger partial charge is 0.493 e. The number of halogens is 2. The van der Waals surface area contributed by atoms with Crippen molar-refractivity contribution in [2.45, 2.75) is 32.5 Å². The molecule has 2 aromatic carbocycles. The zero-order valence-electron chi connectivity index (χ0n) is 17.6. The first-order valence-corrected chi connectivity index (χ1v) is 10.9. The molecule has 6 nitrogen and oxygen atoms in total. The molecular formula is C22H24F2N4O2S. The normalized spacial score (nSPS) is 11.0. The third-order valence-electron chi connectivity index (χ3n) is 4.27. The lowest BCUT2D eigenvalue weighted by molar-refractivity contribution is -0.113. The molecule has 1 N–H and O–H groups in total. The lowest BCUT2D eigenvalue weighted by Gasteiger charge is -2.10. The van der Waals surface area contributed by atoms with Crippen molar-refractivity contribution in [3.05, 3.63) is 54.1 Å². The van der Waals surface area contributed by atoms with Gasteiger partial charge in [-0.2, -0.15) is 0 Å². The molecule has 0 saturated heterocycles. The zero-order valence-corrected chi connectivity index (χ0v) is 18.4. The van der Waals surface area contributed by atoms with Crippen molar-refractivity contribution in [3.8, 4) is 17.1 Å². The van der Waals surface area contributed by atoms with Gasteiger partial charge < -0.3 is 14.6 Å². The topological polar surface area (TPSA) is 69.0 Å². The minimum atomic E-state index is -0.821. The van der Waals surface area contributed by atoms with Gasteiger partial charge in [0, 0.05) is 18.2 Å². The Bertz CT molecular complexity index is 1040. The molecule has 0 radical (unpaired) electrons. The smallest absolute Gasteiger partial charge is 0.234 e. The summed E-state index contributed by atoms with van der Waals surface area (Å²) in [4.78, 5) is 12.2. The van der Waals surface area contributed by atoms with Gasteiger partial charge in [0.05, 0.1) is 18.0 Å². The zero-order chi connectivity index (χ0) is 22.4. The van der Waals surface area contributed by atoms with Gasteiger partial charge in [-0.05, 0) is 49.2 Å². The Morgan fingerprint density at radius 2 is 1.90 bits per heavy atom. The number of rotatable bonds is 9. The standard InChI is InChI=1S/C22H24F2N4O2S/c1-4-28-21(15-5-8-17(9-6-15)30-12-14(2)3)26-27-22(28)31-13-20(29)25-19-10-7-16(23)11-18(19)24/h5-11,14H,4,12-13H2,1-3H3,(H,25,29). The van der Waals surface area contributed by atoms with Gasteiger partial charge in [0.1, 0.15) is 17.4 Å². The Morgan fingerprint density at radius 1 is 1.16 bits per heavy atom. The van der Waals surface area contributed by atoms with Crippen LogP contribution in [-0.4, -0.2) is 33.0 Å². The fraction of sp³-hybridized carbons (Fsp3) is 0.318. The van der Waals surface area contributed by atoms with Crippen LogP contribution in [0.5, 0.6) is 5.75 Å². The number of carbonyl (C=O) groups excluding carboxylic acids is 1. The second-order valence-corrected chi connectivity index (χ2v) is 8.18. The highest BCUT2D eigenvalue weighted by molar-refractivity contribution is 7.99. The summed E-state index contributed by atoms with van der Waals surface area (Å²) in [7, 11) is 0. The summed E-state index contributed by atoms with van der Waals surface area (Å²) in [5.74, 6) is -0.0128. The third-order valence-corrected chi connectivity index (χ3v) is 5.23. The van der Waals surface area contributed by atoms with Crippen LogP contribution in [0.4, 0.5) is 14.5 Å². The first kappa shape index (κ1) is 22.7. The summed E-state index contributed by atoms with van der Waals surface area (Å²) in [6, 6.07) is 10.6. The highest BCUT2D eigenvalue weighted by atomic mass is 32.2. The Labute approximate surface area is 184 Å². The van der Waals surface area contributed by atoms with Crippen LogP contribution in [0.1, 0.15) is 20.8 Å². The summed E-state index contributed by atoms with van der Waals surface area (Å²) in [5.41, 5.74) is 0.820. The van der Waals surface area contributed by atoms with Gasteiger partial charge in [0.25, 0.3) is 0 Å². The number of benzene rings is 2. The van der Waals surface area contributed by atoms with E-state index in [9.17, 15) is 13.6 Å². The highest BCUT2D eigenvalue weighted by Crippen LogP contribution is 2.26. The van der Waals surface area contributed by atoms with Crippen molar-refractivity contribution >= 4 is 23.4 Å². The molecule has 0 spiro atoms. The molecule has 0 unspecified atom stereocenters. The summed E-state index contributed by atoms with van der Waals surface area (Å²) in [5, 5.41) is 11.5. The SMILES string of the molecule is CCn1c(SCC(=O)Nc2ccc(F)cc2F)nnc1-c1ccc(OCC(C)C)cc1. The first-order chi connectivity index (χ1) is 14.9. The number of thioether (sulfide) groups is 1. The number of hydrogen-bond acceptors (Lipinski definition) is 5. The molecule has 1 heterocycles. The number of amides is 1. The van der Waals surface area contributed by atoms with Crippen LogP contribution < -0.4 is 10.1 Å². The van der Waals surface area contributed by atoms with Gasteiger partial charge in [0.2, 0.25) is 5.91 Å². The molecule has 164 valence electrons. The predicted octanol–water partition coefficient (Wildman–Crippen LogP) is 5.01. The summed E-state index contributed by atoms with van der Waals surface area (Å²) < 4.78 is 34.3. The van der Waals surface area contributed by atoms with E-state index in [0.29, 0.717) is 30.1 Å². The minimum absolute atomic E-state index is 0.0108. The van der Waals surface area contributed by atoms with E-state index in [2.05, 4.69) is 29.4 Å². The second kappa shape index (κ2) is 10.4. The monoisotopic (exact) mass is 446 g/mol. The maximum Gasteiger partial charge on any atom is 0.234 e. The van der Waals surface area contributed by atoms with Crippen LogP contribution in [0.3, 0.4) is 0 Å². The summed E-state index contributed by atoms with van der Waals surface area (Å²) in [6.45, 7) is 7.41. The van der Waals surface area contributed by atoms with Crippen LogP contribution in [0, 0.1) is 17.6 Å². The predicted molar refractivity (Wildman–Crippen MR) is 117 cm³/mol. The molecule has 1 aromatic heterocycles. The van der Waals surface area contributed by atoms with E-state index >= 15 is 0 Å². The maximum absolute atomic E-state index is 13.7. The Balaban J connectivity index is 1.65. The fourth-order valence-corrected chi connectivity index (χ4v) is 3.57. The van der Waals surface area contributed by atoms with Gasteiger partial charge in [-0.3, -0.25) is 4.79 Å². The third kappa shape index (κ3) is 6.04. The van der Waals surface area contributed by atoms with Crippen molar-refractivity contribution < 1.29 is 18.3 Å². The van der Waals surface area contributed by atoms with Gasteiger partial charge in [-0.25, -0.2) is 8.78 Å². The molecule has 0 aliphatic rings. The minimum Gasteiger partial charge on any atom is -0.493 e. The van der Waals surface area contributed by atoms with E-state index in [1.54, 1.807) is 0 Å². The molecule has 0 aliphatic carbocycles. The number of nitrogens with one attached hydrogen (secondary N) is 1. The number of ether oxygens (including phenoxy) is 1. The van der Waals surface area contributed by atoms with E-state index in [1.807, 2.05) is 35.8 Å². The number of anilines is 1. The van der Waals surface area contributed by atoms with E-state index in [1.165, 1.54) is 17.8 Å². The Morgan fingerprint density at radius 3 is 2.55 bits per heavy atom. The Hall–Kier alpha value is -2.94. The number of hydrogen-bond donors (Lipinski definition) is 1. The van der Waals surface area contributed by atoms with Crippen molar-refractivity contribution in [1.82, 2.24) is 14.8 Å². The van der Waals surface area contributed by atoms with Crippen molar-refractivity contribution in [2.24, 2.45) is 5.92 Å². The average Bonchev–Trinajstić information content (AvgIpc) is 3.16. The van der Waals surface area contributed by atoms with Gasteiger partial charge in [0.15, 0.2) is 11.0 Å². The lowest BCUT2D eigenvalue weighted by atomic mass is 10.2. The van der Waals surface area contributed by atoms with Crippen LogP contribution >= 0.6 is 11.8 Å². The van der Waals surface area contributed by atoms with Crippen molar-refractivity contribution in [1.29, 1.82) is 0 Å². The average molecular weight is 447 g/mol. The molecule has 0 bridgehead atoms. The summed E-state index contributed by atoms with van der Waals surface area (Å²) in [6.07, 6.45) is 0. The highest BCUT2D eigenvalue weighted by Gasteiger charge is 2.15. The Kier molecular flexibility index (Phi) is 7.62. The molecule has 3 rings (SSSR count). The fourth-order valence-electron chi connectivity index (χ4n) is 2.76. The van der Waals surface area contributed by atoms with Crippen molar-refractivity contribution in [3.63, 3.8) is 0 Å². The van der Waals surface area contributed by atoms with Crippen molar-refractivity contribution in [2.75, 3.05) is 17.7 Å². The molecule has 9 heteroatoms. The van der Waals surface area contributed by atoms with Crippen LogP contribution in [0.25, 0.3) is 11.4 Å². The van der Waals surface area contributed by atoms with Crippen LogP contribution in [-0.2, 0) is 11.3 Å². The molecule has 1 amide bonds. The molecular weight excluding hydrogens is 422 g/mol. The number of aromatic nitrogens is 3. The molecule has 31 heavy (non-hydrogen) atoms. The lowest BCUT2D eigenvalue weighted by Crippen LogP contribution is -2.15. The molecule has 0 fully saturated rings. The first-order valence-electron chi connectivity index (χ1n) is 9.91. The molecule has 3 aromatic rings. The van der Waals surface area contributed by atoms with Crippen LogP contribution in [0.2, 0.25) is 0 Å².